The van der Waals surface area contributed by atoms with E-state index in [-0.39, 0.29) is 29.7 Å². The van der Waals surface area contributed by atoms with Gasteiger partial charge in [0.2, 0.25) is 11.8 Å². The molecule has 0 saturated carbocycles. The highest BCUT2D eigenvalue weighted by Gasteiger charge is 2.39. The fourth-order valence-electron chi connectivity index (χ4n) is 3.49. The van der Waals surface area contributed by atoms with E-state index in [4.69, 9.17) is 4.74 Å². The molecule has 1 unspecified atom stereocenters. The zero-order valence-electron chi connectivity index (χ0n) is 16.0. The first-order chi connectivity index (χ1) is 12.3. The van der Waals surface area contributed by atoms with Gasteiger partial charge in [-0.2, -0.15) is 0 Å². The predicted octanol–water partition coefficient (Wildman–Crippen LogP) is 2.10. The maximum absolute atomic E-state index is 12.5. The van der Waals surface area contributed by atoms with Crippen LogP contribution in [-0.2, 0) is 20.9 Å². The van der Waals surface area contributed by atoms with Gasteiger partial charge < -0.3 is 15.0 Å². The van der Waals surface area contributed by atoms with Crippen molar-refractivity contribution in [3.8, 4) is 0 Å². The van der Waals surface area contributed by atoms with Crippen molar-refractivity contribution >= 4 is 17.5 Å². The van der Waals surface area contributed by atoms with Crippen LogP contribution in [0, 0.1) is 5.92 Å². The van der Waals surface area contributed by atoms with Crippen LogP contribution in [-0.4, -0.2) is 60.0 Å². The van der Waals surface area contributed by atoms with Crippen molar-refractivity contribution in [1.82, 2.24) is 9.80 Å². The van der Waals surface area contributed by atoms with Gasteiger partial charge in [-0.25, -0.2) is 0 Å². The minimum atomic E-state index is -0.283. The molecule has 2 heterocycles. The molecule has 0 aromatic heterocycles. The molecule has 26 heavy (non-hydrogen) atoms. The van der Waals surface area contributed by atoms with Crippen molar-refractivity contribution in [2.75, 3.05) is 38.2 Å². The third-order valence-corrected chi connectivity index (χ3v) is 5.04. The molecular formula is C20H29N3O3. The summed E-state index contributed by atoms with van der Waals surface area (Å²) in [5.74, 6) is -0.306. The topological polar surface area (TPSA) is 61.9 Å². The Labute approximate surface area is 155 Å². The van der Waals surface area contributed by atoms with E-state index in [1.165, 1.54) is 5.56 Å². The number of rotatable bonds is 4. The summed E-state index contributed by atoms with van der Waals surface area (Å²) >= 11 is 0. The van der Waals surface area contributed by atoms with Crippen molar-refractivity contribution in [2.24, 2.45) is 5.92 Å². The molecule has 2 amide bonds. The first kappa shape index (κ1) is 18.9. The number of nitrogens with one attached hydrogen (secondary N) is 1. The molecule has 2 aliphatic rings. The molecule has 1 aromatic rings. The summed E-state index contributed by atoms with van der Waals surface area (Å²) in [4.78, 5) is 28.8. The summed E-state index contributed by atoms with van der Waals surface area (Å²) in [7, 11) is 0. The molecule has 0 bridgehead atoms. The average molecular weight is 359 g/mol. The minimum Gasteiger partial charge on any atom is -0.379 e. The first-order valence-electron chi connectivity index (χ1n) is 9.33. The fraction of sp³-hybridized carbons (Fsp3) is 0.600. The Bertz CT molecular complexity index is 645. The van der Waals surface area contributed by atoms with Crippen LogP contribution < -0.4 is 5.32 Å². The van der Waals surface area contributed by atoms with Gasteiger partial charge in [-0.05, 0) is 38.5 Å². The van der Waals surface area contributed by atoms with Gasteiger partial charge in [-0.3, -0.25) is 14.5 Å². The standard InChI is InChI=1S/C20H29N3O3/c1-20(2,3)23-14-16(12-18(23)24)19(25)21-17-6-4-15(5-7-17)13-22-8-10-26-11-9-22/h4-7,16H,8-14H2,1-3H3,(H,21,25). The summed E-state index contributed by atoms with van der Waals surface area (Å²) in [6.07, 6.45) is 0.290. The quantitative estimate of drug-likeness (QED) is 0.894. The number of amides is 2. The second-order valence-electron chi connectivity index (χ2n) is 8.15. The van der Waals surface area contributed by atoms with Crippen molar-refractivity contribution in [1.29, 1.82) is 0 Å². The monoisotopic (exact) mass is 359 g/mol. The second kappa shape index (κ2) is 7.76. The van der Waals surface area contributed by atoms with Gasteiger partial charge in [0.25, 0.3) is 0 Å². The third kappa shape index (κ3) is 4.62. The number of morpholine rings is 1. The van der Waals surface area contributed by atoms with Crippen LogP contribution in [0.25, 0.3) is 0 Å². The number of likely N-dealkylation sites (tertiary alicyclic amines) is 1. The predicted molar refractivity (Wildman–Crippen MR) is 101 cm³/mol. The summed E-state index contributed by atoms with van der Waals surface area (Å²) in [6.45, 7) is 10.9. The Morgan fingerprint density at radius 1 is 1.19 bits per heavy atom. The average Bonchev–Trinajstić information content (AvgIpc) is 3.00. The molecule has 1 atom stereocenters. The van der Waals surface area contributed by atoms with Crippen LogP contribution in [0.3, 0.4) is 0 Å². The van der Waals surface area contributed by atoms with Crippen molar-refractivity contribution in [2.45, 2.75) is 39.3 Å². The highest BCUT2D eigenvalue weighted by atomic mass is 16.5. The van der Waals surface area contributed by atoms with E-state index in [0.29, 0.717) is 6.54 Å². The smallest absolute Gasteiger partial charge is 0.229 e. The van der Waals surface area contributed by atoms with Crippen molar-refractivity contribution < 1.29 is 14.3 Å². The molecule has 1 N–H and O–H groups in total. The SMILES string of the molecule is CC(C)(C)N1CC(C(=O)Nc2ccc(CN3CCOCC3)cc2)CC1=O. The highest BCUT2D eigenvalue weighted by Crippen LogP contribution is 2.26. The van der Waals surface area contributed by atoms with E-state index in [1.807, 2.05) is 45.0 Å². The van der Waals surface area contributed by atoms with Gasteiger partial charge in [0.05, 0.1) is 19.1 Å². The Hall–Kier alpha value is -1.92. The molecule has 6 heteroatoms. The van der Waals surface area contributed by atoms with Gasteiger partial charge >= 0.3 is 0 Å². The zero-order chi connectivity index (χ0) is 18.7. The third-order valence-electron chi connectivity index (χ3n) is 5.04. The van der Waals surface area contributed by atoms with Crippen molar-refractivity contribution in [3.63, 3.8) is 0 Å². The van der Waals surface area contributed by atoms with Crippen LogP contribution in [0.5, 0.6) is 0 Å². The van der Waals surface area contributed by atoms with Gasteiger partial charge in [0.1, 0.15) is 0 Å². The maximum atomic E-state index is 12.5. The lowest BCUT2D eigenvalue weighted by atomic mass is 10.1. The van der Waals surface area contributed by atoms with Crippen LogP contribution in [0.2, 0.25) is 0 Å². The van der Waals surface area contributed by atoms with Crippen molar-refractivity contribution in [3.05, 3.63) is 29.8 Å². The lowest BCUT2D eigenvalue weighted by Gasteiger charge is -2.31. The van der Waals surface area contributed by atoms with Crippen LogP contribution in [0.4, 0.5) is 5.69 Å². The molecule has 142 valence electrons. The van der Waals surface area contributed by atoms with Crippen LogP contribution in [0.15, 0.2) is 24.3 Å². The number of carbonyl (C=O) groups is 2. The van der Waals surface area contributed by atoms with E-state index < -0.39 is 0 Å². The molecule has 3 rings (SSSR count). The zero-order valence-corrected chi connectivity index (χ0v) is 16.0. The summed E-state index contributed by atoms with van der Waals surface area (Å²) in [5.41, 5.74) is 1.76. The van der Waals surface area contributed by atoms with E-state index in [9.17, 15) is 9.59 Å². The number of benzene rings is 1. The van der Waals surface area contributed by atoms with E-state index in [2.05, 4.69) is 10.2 Å². The maximum Gasteiger partial charge on any atom is 0.229 e. The minimum absolute atomic E-state index is 0.0542. The van der Waals surface area contributed by atoms with E-state index in [1.54, 1.807) is 4.90 Å². The first-order valence-corrected chi connectivity index (χ1v) is 9.33. The van der Waals surface area contributed by atoms with Crippen LogP contribution in [0.1, 0.15) is 32.8 Å². The molecular weight excluding hydrogens is 330 g/mol. The fourth-order valence-corrected chi connectivity index (χ4v) is 3.49. The normalized spacial score (nSPS) is 21.9. The lowest BCUT2D eigenvalue weighted by Crippen LogP contribution is -2.42. The molecule has 0 aliphatic carbocycles. The molecule has 0 radical (unpaired) electrons. The Morgan fingerprint density at radius 2 is 1.85 bits per heavy atom. The number of ether oxygens (including phenoxy) is 1. The number of nitrogens with zero attached hydrogens (tertiary/aromatic N) is 2. The molecule has 2 saturated heterocycles. The molecule has 6 nitrogen and oxygen atoms in total. The number of hydrogen-bond acceptors (Lipinski definition) is 4. The number of anilines is 1. The van der Waals surface area contributed by atoms with E-state index in [0.717, 1.165) is 38.5 Å². The van der Waals surface area contributed by atoms with Gasteiger partial charge in [-0.1, -0.05) is 12.1 Å². The summed E-state index contributed by atoms with van der Waals surface area (Å²) < 4.78 is 5.37. The van der Waals surface area contributed by atoms with Crippen LogP contribution >= 0.6 is 0 Å². The van der Waals surface area contributed by atoms with E-state index >= 15 is 0 Å². The van der Waals surface area contributed by atoms with Gasteiger partial charge in [0.15, 0.2) is 0 Å². The number of carbonyl (C=O) groups excluding carboxylic acids is 2. The largest absolute Gasteiger partial charge is 0.379 e. The summed E-state index contributed by atoms with van der Waals surface area (Å²) in [6, 6.07) is 7.97. The van der Waals surface area contributed by atoms with Gasteiger partial charge in [-0.15, -0.1) is 0 Å². The van der Waals surface area contributed by atoms with Gasteiger partial charge in [0, 0.05) is 43.8 Å². The molecule has 0 spiro atoms. The molecule has 2 aliphatic heterocycles. The highest BCUT2D eigenvalue weighted by molar-refractivity contribution is 5.97. The molecule has 2 fully saturated rings. The molecule has 1 aromatic carbocycles. The summed E-state index contributed by atoms with van der Waals surface area (Å²) in [5, 5.41) is 2.96. The Kier molecular flexibility index (Phi) is 5.63. The Morgan fingerprint density at radius 3 is 2.42 bits per heavy atom. The number of hydrogen-bond donors (Lipinski definition) is 1. The Balaban J connectivity index is 1.54. The lowest BCUT2D eigenvalue weighted by molar-refractivity contribution is -0.131. The second-order valence-corrected chi connectivity index (χ2v) is 8.15.